The minimum atomic E-state index is 0.324. The average molecular weight is 263 g/mol. The first-order valence-corrected chi connectivity index (χ1v) is 7.42. The van der Waals surface area contributed by atoms with Gasteiger partial charge < -0.3 is 10.1 Å². The Hall–Kier alpha value is -1.02. The summed E-state index contributed by atoms with van der Waals surface area (Å²) in [4.78, 5) is 0. The van der Waals surface area contributed by atoms with Crippen LogP contribution in [0.15, 0.2) is 24.3 Å². The third-order valence-electron chi connectivity index (χ3n) is 3.02. The van der Waals surface area contributed by atoms with Crippen LogP contribution in [0.2, 0.25) is 0 Å². The largest absolute Gasteiger partial charge is 0.494 e. The van der Waals surface area contributed by atoms with Crippen LogP contribution in [0.3, 0.4) is 0 Å². The zero-order valence-corrected chi connectivity index (χ0v) is 13.1. The quantitative estimate of drug-likeness (QED) is 0.778. The first kappa shape index (κ1) is 16.0. The summed E-state index contributed by atoms with van der Waals surface area (Å²) in [7, 11) is 0. The van der Waals surface area contributed by atoms with E-state index >= 15 is 0 Å². The second-order valence-electron chi connectivity index (χ2n) is 6.29. The first-order valence-electron chi connectivity index (χ1n) is 7.42. The van der Waals surface area contributed by atoms with Crippen molar-refractivity contribution in [3.05, 3.63) is 29.8 Å². The van der Waals surface area contributed by atoms with E-state index in [2.05, 4.69) is 64.2 Å². The van der Waals surface area contributed by atoms with Crippen LogP contribution in [0, 0.1) is 5.41 Å². The number of benzene rings is 1. The van der Waals surface area contributed by atoms with Crippen molar-refractivity contribution in [1.29, 1.82) is 0 Å². The molecule has 0 radical (unpaired) electrons. The Labute approximate surface area is 118 Å². The lowest BCUT2D eigenvalue weighted by Gasteiger charge is -2.27. The predicted molar refractivity (Wildman–Crippen MR) is 82.7 cm³/mol. The number of ether oxygens (including phenoxy) is 1. The van der Waals surface area contributed by atoms with E-state index in [0.717, 1.165) is 31.7 Å². The molecule has 1 atom stereocenters. The summed E-state index contributed by atoms with van der Waals surface area (Å²) in [6, 6.07) is 8.95. The molecule has 1 unspecified atom stereocenters. The van der Waals surface area contributed by atoms with Gasteiger partial charge in [-0.15, -0.1) is 0 Å². The maximum atomic E-state index is 5.63. The number of nitrogens with one attached hydrogen (secondary N) is 1. The number of hydrogen-bond acceptors (Lipinski definition) is 2. The van der Waals surface area contributed by atoms with E-state index in [-0.39, 0.29) is 0 Å². The van der Waals surface area contributed by atoms with Crippen LogP contribution in [0.1, 0.15) is 59.1 Å². The molecule has 1 aromatic carbocycles. The monoisotopic (exact) mass is 263 g/mol. The van der Waals surface area contributed by atoms with Gasteiger partial charge in [0.25, 0.3) is 0 Å². The molecule has 1 N–H and O–H groups in total. The minimum absolute atomic E-state index is 0.324. The molecule has 1 rings (SSSR count). The molecular weight excluding hydrogens is 234 g/mol. The first-order chi connectivity index (χ1) is 8.96. The van der Waals surface area contributed by atoms with Crippen molar-refractivity contribution in [1.82, 2.24) is 5.32 Å². The van der Waals surface area contributed by atoms with Crippen LogP contribution in [0.25, 0.3) is 0 Å². The van der Waals surface area contributed by atoms with Gasteiger partial charge in [0.05, 0.1) is 6.61 Å². The van der Waals surface area contributed by atoms with Crippen LogP contribution >= 0.6 is 0 Å². The third-order valence-corrected chi connectivity index (χ3v) is 3.02. The lowest BCUT2D eigenvalue weighted by Crippen LogP contribution is -2.25. The fourth-order valence-electron chi connectivity index (χ4n) is 2.18. The zero-order valence-electron chi connectivity index (χ0n) is 13.1. The van der Waals surface area contributed by atoms with E-state index < -0.39 is 0 Å². The van der Waals surface area contributed by atoms with Crippen molar-refractivity contribution in [2.24, 2.45) is 5.41 Å². The summed E-state index contributed by atoms with van der Waals surface area (Å²) < 4.78 is 5.63. The van der Waals surface area contributed by atoms with Gasteiger partial charge >= 0.3 is 0 Å². The zero-order chi connectivity index (χ0) is 14.3. The van der Waals surface area contributed by atoms with E-state index in [4.69, 9.17) is 4.74 Å². The fraction of sp³-hybridized carbons (Fsp3) is 0.647. The van der Waals surface area contributed by atoms with Crippen molar-refractivity contribution >= 4 is 0 Å². The van der Waals surface area contributed by atoms with E-state index in [1.807, 2.05) is 0 Å². The molecule has 2 nitrogen and oxygen atoms in total. The summed E-state index contributed by atoms with van der Waals surface area (Å²) >= 11 is 0. The predicted octanol–water partition coefficient (Wildman–Crippen LogP) is 4.56. The lowest BCUT2D eigenvalue weighted by atomic mass is 9.85. The van der Waals surface area contributed by atoms with Crippen molar-refractivity contribution < 1.29 is 4.74 Å². The molecule has 19 heavy (non-hydrogen) atoms. The highest BCUT2D eigenvalue weighted by molar-refractivity contribution is 5.29. The van der Waals surface area contributed by atoms with Gasteiger partial charge in [-0.3, -0.25) is 0 Å². The molecule has 0 spiro atoms. The SMILES string of the molecule is CCCOc1ccc(C(CC(C)(C)C)NCC)cc1. The van der Waals surface area contributed by atoms with Crippen LogP contribution in [0.4, 0.5) is 0 Å². The molecule has 0 heterocycles. The molecule has 2 heteroatoms. The molecule has 0 aliphatic heterocycles. The Morgan fingerprint density at radius 2 is 1.74 bits per heavy atom. The van der Waals surface area contributed by atoms with Crippen LogP contribution in [-0.4, -0.2) is 13.2 Å². The smallest absolute Gasteiger partial charge is 0.119 e. The highest BCUT2D eigenvalue weighted by Crippen LogP contribution is 2.30. The maximum Gasteiger partial charge on any atom is 0.119 e. The normalized spacial score (nSPS) is 13.3. The minimum Gasteiger partial charge on any atom is -0.494 e. The second-order valence-corrected chi connectivity index (χ2v) is 6.29. The van der Waals surface area contributed by atoms with Crippen LogP contribution in [-0.2, 0) is 0 Å². The van der Waals surface area contributed by atoms with Gasteiger partial charge in [0, 0.05) is 6.04 Å². The Balaban J connectivity index is 2.73. The van der Waals surface area contributed by atoms with E-state index in [1.54, 1.807) is 0 Å². The number of rotatable bonds is 7. The van der Waals surface area contributed by atoms with Crippen molar-refractivity contribution in [2.75, 3.05) is 13.2 Å². The van der Waals surface area contributed by atoms with Crippen molar-refractivity contribution in [2.45, 2.75) is 53.5 Å². The Bertz CT molecular complexity index is 351. The van der Waals surface area contributed by atoms with Crippen LogP contribution in [0.5, 0.6) is 5.75 Å². The second kappa shape index (κ2) is 7.54. The maximum absolute atomic E-state index is 5.63. The average Bonchev–Trinajstić information content (AvgIpc) is 2.35. The Kier molecular flexibility index (Phi) is 6.36. The fourth-order valence-corrected chi connectivity index (χ4v) is 2.18. The van der Waals surface area contributed by atoms with Gasteiger partial charge in [-0.25, -0.2) is 0 Å². The van der Waals surface area contributed by atoms with E-state index in [0.29, 0.717) is 11.5 Å². The van der Waals surface area contributed by atoms with Gasteiger partial charge in [-0.2, -0.15) is 0 Å². The van der Waals surface area contributed by atoms with Gasteiger partial charge in [0.2, 0.25) is 0 Å². The highest BCUT2D eigenvalue weighted by atomic mass is 16.5. The van der Waals surface area contributed by atoms with Gasteiger partial charge in [-0.05, 0) is 42.5 Å². The van der Waals surface area contributed by atoms with Gasteiger partial charge in [0.1, 0.15) is 5.75 Å². The summed E-state index contributed by atoms with van der Waals surface area (Å²) in [5.41, 5.74) is 1.67. The molecular formula is C17H29NO. The molecule has 0 fully saturated rings. The molecule has 0 aromatic heterocycles. The standard InChI is InChI=1S/C17H29NO/c1-6-12-19-15-10-8-14(9-11-15)16(18-7-2)13-17(3,4)5/h8-11,16,18H,6-7,12-13H2,1-5H3. The van der Waals surface area contributed by atoms with Gasteiger partial charge in [-0.1, -0.05) is 46.8 Å². The summed E-state index contributed by atoms with van der Waals surface area (Å²) in [6.45, 7) is 12.9. The van der Waals surface area contributed by atoms with Gasteiger partial charge in [0.15, 0.2) is 0 Å². The summed E-state index contributed by atoms with van der Waals surface area (Å²) in [6.07, 6.45) is 2.18. The van der Waals surface area contributed by atoms with E-state index in [9.17, 15) is 0 Å². The van der Waals surface area contributed by atoms with Crippen molar-refractivity contribution in [3.8, 4) is 5.75 Å². The molecule has 0 saturated carbocycles. The molecule has 0 aliphatic carbocycles. The lowest BCUT2D eigenvalue weighted by molar-refractivity contribution is 0.311. The van der Waals surface area contributed by atoms with Crippen LogP contribution < -0.4 is 10.1 Å². The topological polar surface area (TPSA) is 21.3 Å². The molecule has 0 amide bonds. The Morgan fingerprint density at radius 3 is 2.21 bits per heavy atom. The van der Waals surface area contributed by atoms with Crippen molar-refractivity contribution in [3.63, 3.8) is 0 Å². The number of hydrogen-bond donors (Lipinski definition) is 1. The Morgan fingerprint density at radius 1 is 1.11 bits per heavy atom. The molecule has 1 aromatic rings. The highest BCUT2D eigenvalue weighted by Gasteiger charge is 2.19. The summed E-state index contributed by atoms with van der Waals surface area (Å²) in [5.74, 6) is 0.969. The van der Waals surface area contributed by atoms with E-state index in [1.165, 1.54) is 5.56 Å². The molecule has 0 saturated heterocycles. The third kappa shape index (κ3) is 6.11. The molecule has 108 valence electrons. The molecule has 0 bridgehead atoms. The summed E-state index contributed by atoms with van der Waals surface area (Å²) in [5, 5.41) is 3.58. The molecule has 0 aliphatic rings.